The van der Waals surface area contributed by atoms with Crippen LogP contribution in [-0.4, -0.2) is 43.3 Å². The van der Waals surface area contributed by atoms with Gasteiger partial charge >= 0.3 is 0 Å². The Morgan fingerprint density at radius 2 is 1.93 bits per heavy atom. The van der Waals surface area contributed by atoms with Crippen molar-refractivity contribution in [2.45, 2.75) is 32.7 Å². The molecule has 3 heteroatoms. The molecule has 0 aliphatic carbocycles. The van der Waals surface area contributed by atoms with Gasteiger partial charge in [0.15, 0.2) is 0 Å². The third kappa shape index (κ3) is 1.79. The van der Waals surface area contributed by atoms with Crippen LogP contribution in [0.3, 0.4) is 0 Å². The topological polar surface area (TPSA) is 15.7 Å². The van der Waals surface area contributed by atoms with E-state index in [1.165, 1.54) is 25.1 Å². The molecule has 3 nitrogen and oxygen atoms in total. The highest BCUT2D eigenvalue weighted by Crippen LogP contribution is 2.36. The van der Waals surface area contributed by atoms with Crippen LogP contribution in [0.4, 0.5) is 0 Å². The fourth-order valence-corrected chi connectivity index (χ4v) is 2.88. The minimum Gasteiger partial charge on any atom is -0.376 e. The summed E-state index contributed by atoms with van der Waals surface area (Å²) in [5.74, 6) is 0.607. The number of rotatable bonds is 2. The molecule has 15 heavy (non-hydrogen) atoms. The molecule has 2 aliphatic heterocycles. The van der Waals surface area contributed by atoms with Crippen LogP contribution >= 0.6 is 0 Å². The smallest absolute Gasteiger partial charge is 0.0772 e. The SMILES string of the molecule is CON1CCC2=C(C1C(C)C)N(C)CC2. The maximum Gasteiger partial charge on any atom is 0.0772 e. The zero-order chi connectivity index (χ0) is 11.0. The van der Waals surface area contributed by atoms with Crippen molar-refractivity contribution in [1.29, 1.82) is 0 Å². The van der Waals surface area contributed by atoms with Crippen molar-refractivity contribution in [3.63, 3.8) is 0 Å². The van der Waals surface area contributed by atoms with Gasteiger partial charge in [0, 0.05) is 25.8 Å². The third-order valence-electron chi connectivity index (χ3n) is 3.61. The van der Waals surface area contributed by atoms with E-state index in [-0.39, 0.29) is 0 Å². The van der Waals surface area contributed by atoms with Crippen LogP contribution < -0.4 is 0 Å². The first kappa shape index (κ1) is 11.0. The molecule has 0 aromatic heterocycles. The zero-order valence-corrected chi connectivity index (χ0v) is 10.3. The fraction of sp³-hybridized carbons (Fsp3) is 0.833. The first-order valence-electron chi connectivity index (χ1n) is 5.89. The summed E-state index contributed by atoms with van der Waals surface area (Å²) in [7, 11) is 3.99. The Hall–Kier alpha value is -0.540. The van der Waals surface area contributed by atoms with Gasteiger partial charge in [0.25, 0.3) is 0 Å². The van der Waals surface area contributed by atoms with Crippen LogP contribution in [0.25, 0.3) is 0 Å². The van der Waals surface area contributed by atoms with Gasteiger partial charge in [-0.1, -0.05) is 13.8 Å². The Labute approximate surface area is 92.6 Å². The zero-order valence-electron chi connectivity index (χ0n) is 10.3. The highest BCUT2D eigenvalue weighted by Gasteiger charge is 2.36. The Kier molecular flexibility index (Phi) is 3.03. The molecule has 1 atom stereocenters. The summed E-state index contributed by atoms with van der Waals surface area (Å²) in [5.41, 5.74) is 3.18. The van der Waals surface area contributed by atoms with Crippen molar-refractivity contribution >= 4 is 0 Å². The number of likely N-dealkylation sites (N-methyl/N-ethyl adjacent to an activating group) is 1. The summed E-state index contributed by atoms with van der Waals surface area (Å²) in [6.45, 7) is 6.79. The van der Waals surface area contributed by atoms with Crippen molar-refractivity contribution in [2.24, 2.45) is 5.92 Å². The molecule has 2 rings (SSSR count). The average molecular weight is 210 g/mol. The predicted octanol–water partition coefficient (Wildman–Crippen LogP) is 1.87. The highest BCUT2D eigenvalue weighted by atomic mass is 16.7. The highest BCUT2D eigenvalue weighted by molar-refractivity contribution is 5.26. The number of hydrogen-bond acceptors (Lipinski definition) is 3. The van der Waals surface area contributed by atoms with E-state index in [2.05, 4.69) is 30.9 Å². The first-order valence-corrected chi connectivity index (χ1v) is 5.89. The Morgan fingerprint density at radius 3 is 2.53 bits per heavy atom. The van der Waals surface area contributed by atoms with Crippen LogP contribution in [0.15, 0.2) is 11.3 Å². The standard InChI is InChI=1S/C12H22N2O/c1-9(2)11-12-10(5-7-13(12)3)6-8-14(11)15-4/h9,11H,5-8H2,1-4H3. The molecule has 0 aromatic rings. The molecule has 0 saturated heterocycles. The van der Waals surface area contributed by atoms with Gasteiger partial charge in [-0.2, -0.15) is 5.06 Å². The van der Waals surface area contributed by atoms with Crippen molar-refractivity contribution in [1.82, 2.24) is 9.96 Å². The van der Waals surface area contributed by atoms with Gasteiger partial charge in [-0.05, 0) is 24.3 Å². The van der Waals surface area contributed by atoms with Crippen LogP contribution in [0.2, 0.25) is 0 Å². The van der Waals surface area contributed by atoms with E-state index >= 15 is 0 Å². The summed E-state index contributed by atoms with van der Waals surface area (Å²) in [6.07, 6.45) is 2.43. The summed E-state index contributed by atoms with van der Waals surface area (Å²) in [5, 5.41) is 2.14. The lowest BCUT2D eigenvalue weighted by Gasteiger charge is -2.39. The predicted molar refractivity (Wildman–Crippen MR) is 61.2 cm³/mol. The second-order valence-electron chi connectivity index (χ2n) is 4.92. The Morgan fingerprint density at radius 1 is 1.27 bits per heavy atom. The molecular formula is C12H22N2O. The monoisotopic (exact) mass is 210 g/mol. The van der Waals surface area contributed by atoms with Crippen molar-refractivity contribution in [3.8, 4) is 0 Å². The molecule has 0 spiro atoms. The van der Waals surface area contributed by atoms with Gasteiger partial charge < -0.3 is 9.74 Å². The summed E-state index contributed by atoms with van der Waals surface area (Å²) in [4.78, 5) is 7.90. The van der Waals surface area contributed by atoms with E-state index in [1.54, 1.807) is 12.7 Å². The summed E-state index contributed by atoms with van der Waals surface area (Å²) >= 11 is 0. The van der Waals surface area contributed by atoms with E-state index in [9.17, 15) is 0 Å². The largest absolute Gasteiger partial charge is 0.376 e. The molecule has 0 radical (unpaired) electrons. The number of hydrogen-bond donors (Lipinski definition) is 0. The minimum atomic E-state index is 0.450. The first-order chi connectivity index (χ1) is 7.15. The molecule has 2 heterocycles. The maximum atomic E-state index is 5.49. The fourth-order valence-electron chi connectivity index (χ4n) is 2.88. The molecule has 0 N–H and O–H groups in total. The number of hydroxylamine groups is 2. The van der Waals surface area contributed by atoms with E-state index in [1.807, 2.05) is 0 Å². The number of nitrogens with zero attached hydrogens (tertiary/aromatic N) is 2. The van der Waals surface area contributed by atoms with Crippen LogP contribution in [0, 0.1) is 5.92 Å². The quantitative estimate of drug-likeness (QED) is 0.692. The van der Waals surface area contributed by atoms with Crippen LogP contribution in [-0.2, 0) is 4.84 Å². The van der Waals surface area contributed by atoms with E-state index < -0.39 is 0 Å². The van der Waals surface area contributed by atoms with Gasteiger partial charge in [0.1, 0.15) is 0 Å². The van der Waals surface area contributed by atoms with Gasteiger partial charge in [-0.3, -0.25) is 0 Å². The van der Waals surface area contributed by atoms with Crippen molar-refractivity contribution < 1.29 is 4.84 Å². The third-order valence-corrected chi connectivity index (χ3v) is 3.61. The molecule has 86 valence electrons. The summed E-state index contributed by atoms with van der Waals surface area (Å²) < 4.78 is 0. The van der Waals surface area contributed by atoms with E-state index in [0.717, 1.165) is 6.54 Å². The summed E-state index contributed by atoms with van der Waals surface area (Å²) in [6, 6.07) is 0.450. The second kappa shape index (κ2) is 4.14. The lowest BCUT2D eigenvalue weighted by atomic mass is 9.92. The van der Waals surface area contributed by atoms with Gasteiger partial charge in [-0.25, -0.2) is 0 Å². The Balaban J connectivity index is 2.29. The van der Waals surface area contributed by atoms with Gasteiger partial charge in [0.05, 0.1) is 13.2 Å². The van der Waals surface area contributed by atoms with Gasteiger partial charge in [-0.15, -0.1) is 0 Å². The van der Waals surface area contributed by atoms with Crippen LogP contribution in [0.5, 0.6) is 0 Å². The maximum absolute atomic E-state index is 5.49. The molecule has 1 unspecified atom stereocenters. The molecule has 0 bridgehead atoms. The van der Waals surface area contributed by atoms with E-state index in [4.69, 9.17) is 4.84 Å². The molecule has 0 saturated carbocycles. The van der Waals surface area contributed by atoms with Gasteiger partial charge in [0.2, 0.25) is 0 Å². The molecule has 2 aliphatic rings. The van der Waals surface area contributed by atoms with E-state index in [0.29, 0.717) is 12.0 Å². The molecule has 0 fully saturated rings. The minimum absolute atomic E-state index is 0.450. The van der Waals surface area contributed by atoms with Crippen molar-refractivity contribution in [2.75, 3.05) is 27.2 Å². The van der Waals surface area contributed by atoms with Crippen LogP contribution in [0.1, 0.15) is 26.7 Å². The normalized spacial score (nSPS) is 27.8. The lowest BCUT2D eigenvalue weighted by Crippen LogP contribution is -2.45. The van der Waals surface area contributed by atoms with Crippen molar-refractivity contribution in [3.05, 3.63) is 11.3 Å². The second-order valence-corrected chi connectivity index (χ2v) is 4.92. The molecular weight excluding hydrogens is 188 g/mol. The average Bonchev–Trinajstić information content (AvgIpc) is 2.59. The molecule has 0 aromatic carbocycles. The molecule has 0 amide bonds. The lowest BCUT2D eigenvalue weighted by molar-refractivity contribution is -0.168. The Bertz CT molecular complexity index is 273.